The number of rotatable bonds is 5. The van der Waals surface area contributed by atoms with Crippen LogP contribution in [0.1, 0.15) is 11.1 Å². The number of carbonyl (C=O) groups is 1. The van der Waals surface area contributed by atoms with Crippen LogP contribution in [0, 0.1) is 11.8 Å². The molecule has 154 valence electrons. The van der Waals surface area contributed by atoms with E-state index < -0.39 is 11.7 Å². The van der Waals surface area contributed by atoms with Crippen molar-refractivity contribution in [2.45, 2.75) is 12.7 Å². The Hall–Kier alpha value is -3.66. The fourth-order valence-corrected chi connectivity index (χ4v) is 2.80. The van der Waals surface area contributed by atoms with Gasteiger partial charge in [0, 0.05) is 6.54 Å². The maximum absolute atomic E-state index is 12.7. The third kappa shape index (κ3) is 5.92. The molecule has 4 nitrogen and oxygen atoms in total. The predicted octanol–water partition coefficient (Wildman–Crippen LogP) is 4.74. The second kappa shape index (κ2) is 9.70. The lowest BCUT2D eigenvalue weighted by molar-refractivity contribution is -0.137. The highest BCUT2D eigenvalue weighted by Gasteiger charge is 2.30. The van der Waals surface area contributed by atoms with E-state index in [4.69, 9.17) is 4.74 Å². The van der Waals surface area contributed by atoms with Crippen molar-refractivity contribution in [3.05, 3.63) is 77.9 Å². The van der Waals surface area contributed by atoms with Crippen molar-refractivity contribution in [1.82, 2.24) is 10.6 Å². The van der Waals surface area contributed by atoms with Crippen molar-refractivity contribution in [3.63, 3.8) is 0 Å². The third-order valence-corrected chi connectivity index (χ3v) is 4.25. The second-order valence-corrected chi connectivity index (χ2v) is 6.34. The molecule has 0 saturated heterocycles. The van der Waals surface area contributed by atoms with Crippen LogP contribution in [0.15, 0.2) is 66.7 Å². The van der Waals surface area contributed by atoms with Gasteiger partial charge in [0.1, 0.15) is 12.4 Å². The van der Waals surface area contributed by atoms with Gasteiger partial charge in [-0.15, -0.1) is 0 Å². The molecule has 0 heterocycles. The van der Waals surface area contributed by atoms with Crippen molar-refractivity contribution in [2.24, 2.45) is 0 Å². The molecule has 0 bridgehead atoms. The number of urea groups is 1. The van der Waals surface area contributed by atoms with Crippen LogP contribution in [0.4, 0.5) is 18.0 Å². The first-order valence-corrected chi connectivity index (χ1v) is 9.17. The van der Waals surface area contributed by atoms with Gasteiger partial charge >= 0.3 is 12.2 Å². The zero-order valence-corrected chi connectivity index (χ0v) is 15.9. The highest BCUT2D eigenvalue weighted by atomic mass is 19.4. The number of alkyl halides is 3. The molecule has 0 atom stereocenters. The third-order valence-electron chi connectivity index (χ3n) is 4.25. The molecular formula is C23H19F3N2O2. The first-order valence-electron chi connectivity index (χ1n) is 9.17. The molecule has 2 N–H and O–H groups in total. The Morgan fingerprint density at radius 1 is 0.933 bits per heavy atom. The monoisotopic (exact) mass is 412 g/mol. The smallest absolute Gasteiger partial charge is 0.416 e. The fourth-order valence-electron chi connectivity index (χ4n) is 2.80. The van der Waals surface area contributed by atoms with Gasteiger partial charge in [-0.1, -0.05) is 60.4 Å². The number of benzene rings is 3. The highest BCUT2D eigenvalue weighted by molar-refractivity contribution is 5.86. The van der Waals surface area contributed by atoms with Crippen LogP contribution in [0.3, 0.4) is 0 Å². The van der Waals surface area contributed by atoms with E-state index >= 15 is 0 Å². The van der Waals surface area contributed by atoms with Gasteiger partial charge in [0.15, 0.2) is 0 Å². The van der Waals surface area contributed by atoms with E-state index in [-0.39, 0.29) is 24.9 Å². The van der Waals surface area contributed by atoms with Crippen LogP contribution in [0.2, 0.25) is 0 Å². The van der Waals surface area contributed by atoms with Gasteiger partial charge in [-0.3, -0.25) is 0 Å². The Morgan fingerprint density at radius 3 is 2.53 bits per heavy atom. The Labute approximate surface area is 172 Å². The standard InChI is InChI=1S/C23H19F3N2O2/c24-23(25,26)19-10-6-11-20(15-19)30-14-4-3-13-27-22(29)28-16-18-9-5-8-17-7-1-2-12-21(17)18/h1-2,5-12,15H,13-14,16H2,(H2,27,28,29). The summed E-state index contributed by atoms with van der Waals surface area (Å²) in [4.78, 5) is 11.9. The molecule has 7 heteroatoms. The van der Waals surface area contributed by atoms with Gasteiger partial charge in [0.2, 0.25) is 0 Å². The van der Waals surface area contributed by atoms with Gasteiger partial charge in [-0.25, -0.2) is 4.79 Å². The summed E-state index contributed by atoms with van der Waals surface area (Å²) in [6, 6.07) is 18.0. The summed E-state index contributed by atoms with van der Waals surface area (Å²) < 4.78 is 43.1. The van der Waals surface area contributed by atoms with Crippen LogP contribution < -0.4 is 15.4 Å². The topological polar surface area (TPSA) is 50.4 Å². The van der Waals surface area contributed by atoms with Gasteiger partial charge in [-0.05, 0) is 34.5 Å². The lowest BCUT2D eigenvalue weighted by Gasteiger charge is -2.09. The molecule has 0 fully saturated rings. The van der Waals surface area contributed by atoms with E-state index in [1.807, 2.05) is 42.5 Å². The molecule has 0 spiro atoms. The molecule has 2 amide bonds. The lowest BCUT2D eigenvalue weighted by atomic mass is 10.0. The minimum atomic E-state index is -4.42. The fraction of sp³-hybridized carbons (Fsp3) is 0.174. The second-order valence-electron chi connectivity index (χ2n) is 6.34. The molecule has 0 unspecified atom stereocenters. The number of carbonyl (C=O) groups excluding carboxylic acids is 1. The number of halogens is 3. The quantitative estimate of drug-likeness (QED) is 0.595. The van der Waals surface area contributed by atoms with E-state index in [1.165, 1.54) is 12.1 Å². The van der Waals surface area contributed by atoms with Crippen LogP contribution in [-0.4, -0.2) is 19.2 Å². The Kier molecular flexibility index (Phi) is 6.81. The average molecular weight is 412 g/mol. The van der Waals surface area contributed by atoms with Crippen molar-refractivity contribution in [1.29, 1.82) is 0 Å². The molecule has 30 heavy (non-hydrogen) atoms. The molecule has 0 radical (unpaired) electrons. The first kappa shape index (κ1) is 21.1. The van der Waals surface area contributed by atoms with Crippen LogP contribution in [-0.2, 0) is 12.7 Å². The van der Waals surface area contributed by atoms with Crippen molar-refractivity contribution < 1.29 is 22.7 Å². The lowest BCUT2D eigenvalue weighted by Crippen LogP contribution is -2.35. The minimum Gasteiger partial charge on any atom is -0.481 e. The molecule has 0 aliphatic rings. The highest BCUT2D eigenvalue weighted by Crippen LogP contribution is 2.31. The number of hydrogen-bond acceptors (Lipinski definition) is 2. The molecule has 0 aliphatic carbocycles. The Morgan fingerprint density at radius 2 is 1.70 bits per heavy atom. The van der Waals surface area contributed by atoms with E-state index in [2.05, 4.69) is 22.5 Å². The van der Waals surface area contributed by atoms with Gasteiger partial charge in [0.05, 0.1) is 12.1 Å². The summed E-state index contributed by atoms with van der Waals surface area (Å²) in [6.45, 7) is 0.382. The van der Waals surface area contributed by atoms with Gasteiger partial charge in [-0.2, -0.15) is 13.2 Å². The minimum absolute atomic E-state index is 0.0827. The zero-order chi connectivity index (χ0) is 21.4. The van der Waals surface area contributed by atoms with Gasteiger partial charge < -0.3 is 15.4 Å². The van der Waals surface area contributed by atoms with E-state index in [9.17, 15) is 18.0 Å². The maximum Gasteiger partial charge on any atom is 0.416 e. The SMILES string of the molecule is O=C(NCC#CCOc1cccc(C(F)(F)F)c1)NCc1cccc2ccccc12. The number of nitrogens with one attached hydrogen (secondary N) is 2. The predicted molar refractivity (Wildman–Crippen MR) is 109 cm³/mol. The first-order chi connectivity index (χ1) is 14.4. The normalized spacial score (nSPS) is 10.8. The van der Waals surface area contributed by atoms with E-state index in [0.29, 0.717) is 6.54 Å². The summed E-state index contributed by atoms with van der Waals surface area (Å²) in [6.07, 6.45) is -4.42. The Balaban J connectivity index is 1.41. The number of hydrogen-bond donors (Lipinski definition) is 2. The summed E-state index contributed by atoms with van der Waals surface area (Å²) in [7, 11) is 0. The summed E-state index contributed by atoms with van der Waals surface area (Å²) in [5.41, 5.74) is 0.223. The van der Waals surface area contributed by atoms with Crippen molar-refractivity contribution >= 4 is 16.8 Å². The summed E-state index contributed by atoms with van der Waals surface area (Å²) in [5, 5.41) is 7.55. The molecule has 3 aromatic carbocycles. The van der Waals surface area contributed by atoms with E-state index in [0.717, 1.165) is 28.5 Å². The Bertz CT molecular complexity index is 1080. The van der Waals surface area contributed by atoms with Crippen LogP contribution >= 0.6 is 0 Å². The molecule has 0 aliphatic heterocycles. The molecule has 3 aromatic rings. The molecular weight excluding hydrogens is 393 g/mol. The number of ether oxygens (including phenoxy) is 1. The van der Waals surface area contributed by atoms with Crippen LogP contribution in [0.5, 0.6) is 5.75 Å². The number of fused-ring (bicyclic) bond motifs is 1. The van der Waals surface area contributed by atoms with Crippen molar-refractivity contribution in [3.8, 4) is 17.6 Å². The molecule has 0 aromatic heterocycles. The summed E-state index contributed by atoms with van der Waals surface area (Å²) >= 11 is 0. The average Bonchev–Trinajstić information content (AvgIpc) is 2.74. The summed E-state index contributed by atoms with van der Waals surface area (Å²) in [5.74, 6) is 5.42. The van der Waals surface area contributed by atoms with Crippen LogP contribution in [0.25, 0.3) is 10.8 Å². The molecule has 3 rings (SSSR count). The van der Waals surface area contributed by atoms with Crippen molar-refractivity contribution in [2.75, 3.05) is 13.2 Å². The molecule has 0 saturated carbocycles. The van der Waals surface area contributed by atoms with Gasteiger partial charge in [0.25, 0.3) is 0 Å². The maximum atomic E-state index is 12.7. The zero-order valence-electron chi connectivity index (χ0n) is 15.9. The van der Waals surface area contributed by atoms with E-state index in [1.54, 1.807) is 0 Å². The largest absolute Gasteiger partial charge is 0.481 e. The number of amides is 2.